The van der Waals surface area contributed by atoms with Crippen molar-refractivity contribution >= 4 is 40.6 Å². The Morgan fingerprint density at radius 2 is 2.00 bits per heavy atom. The van der Waals surface area contributed by atoms with Gasteiger partial charge in [0, 0.05) is 16.9 Å². The van der Waals surface area contributed by atoms with E-state index in [9.17, 15) is 9.18 Å². The number of halogens is 3. The lowest BCUT2D eigenvalue weighted by molar-refractivity contribution is 0.102. The highest BCUT2D eigenvalue weighted by atomic mass is 35.5. The van der Waals surface area contributed by atoms with Crippen LogP contribution in [-0.2, 0) is 0 Å². The van der Waals surface area contributed by atoms with Crippen molar-refractivity contribution < 1.29 is 9.18 Å². The molecule has 0 spiro atoms. The SMILES string of the molecule is Nc1cc(C(=O)Nc2cc(F)cc(Cl)c2)c(Cl)cn1. The molecule has 4 nitrogen and oxygen atoms in total. The van der Waals surface area contributed by atoms with Gasteiger partial charge in [0.05, 0.1) is 10.6 Å². The number of hydrogen-bond donors (Lipinski definition) is 2. The lowest BCUT2D eigenvalue weighted by atomic mass is 10.2. The Labute approximate surface area is 118 Å². The van der Waals surface area contributed by atoms with Crippen molar-refractivity contribution in [1.29, 1.82) is 0 Å². The standard InChI is InChI=1S/C12H8Cl2FN3O/c13-6-1-7(15)3-8(2-6)18-12(19)9-4-11(16)17-5-10(9)14/h1-5H,(H2,16,17)(H,18,19). The van der Waals surface area contributed by atoms with Crippen LogP contribution in [0.2, 0.25) is 10.0 Å². The summed E-state index contributed by atoms with van der Waals surface area (Å²) in [6.07, 6.45) is 1.27. The molecule has 1 amide bonds. The zero-order valence-corrected chi connectivity index (χ0v) is 11.0. The topological polar surface area (TPSA) is 68.0 Å². The maximum Gasteiger partial charge on any atom is 0.257 e. The summed E-state index contributed by atoms with van der Waals surface area (Å²) in [5, 5.41) is 2.80. The molecule has 7 heteroatoms. The van der Waals surface area contributed by atoms with Crippen LogP contribution < -0.4 is 11.1 Å². The van der Waals surface area contributed by atoms with Gasteiger partial charge in [-0.1, -0.05) is 23.2 Å². The second-order valence-corrected chi connectivity index (χ2v) is 4.54. The van der Waals surface area contributed by atoms with Gasteiger partial charge in [-0.3, -0.25) is 4.79 Å². The number of rotatable bonds is 2. The number of benzene rings is 1. The summed E-state index contributed by atoms with van der Waals surface area (Å²) in [7, 11) is 0. The van der Waals surface area contributed by atoms with Crippen molar-refractivity contribution in [3.8, 4) is 0 Å². The second-order valence-electron chi connectivity index (χ2n) is 3.70. The molecule has 0 bridgehead atoms. The molecule has 19 heavy (non-hydrogen) atoms. The Hall–Kier alpha value is -1.85. The van der Waals surface area contributed by atoms with Crippen molar-refractivity contribution in [2.24, 2.45) is 0 Å². The van der Waals surface area contributed by atoms with E-state index in [1.54, 1.807) is 0 Å². The number of amides is 1. The number of hydrogen-bond acceptors (Lipinski definition) is 3. The molecule has 0 aliphatic carbocycles. The predicted octanol–water partition coefficient (Wildman–Crippen LogP) is 3.36. The fraction of sp³-hybridized carbons (Fsp3) is 0. The Kier molecular flexibility index (Phi) is 3.87. The van der Waals surface area contributed by atoms with E-state index >= 15 is 0 Å². The third kappa shape index (κ3) is 3.33. The van der Waals surface area contributed by atoms with Crippen LogP contribution in [0.1, 0.15) is 10.4 Å². The quantitative estimate of drug-likeness (QED) is 0.893. The zero-order chi connectivity index (χ0) is 14.0. The minimum atomic E-state index is -0.553. The van der Waals surface area contributed by atoms with E-state index in [1.807, 2.05) is 0 Å². The first-order chi connectivity index (χ1) is 8.95. The monoisotopic (exact) mass is 299 g/mol. The molecule has 2 aromatic rings. The minimum Gasteiger partial charge on any atom is -0.384 e. The maximum absolute atomic E-state index is 13.1. The summed E-state index contributed by atoms with van der Waals surface area (Å²) in [5.74, 6) is -0.921. The molecule has 0 atom stereocenters. The highest BCUT2D eigenvalue weighted by Crippen LogP contribution is 2.21. The molecule has 0 saturated heterocycles. The van der Waals surface area contributed by atoms with E-state index in [2.05, 4.69) is 10.3 Å². The molecule has 1 aromatic carbocycles. The predicted molar refractivity (Wildman–Crippen MR) is 73.0 cm³/mol. The van der Waals surface area contributed by atoms with Crippen molar-refractivity contribution in [1.82, 2.24) is 4.98 Å². The Morgan fingerprint density at radius 3 is 2.68 bits per heavy atom. The third-order valence-electron chi connectivity index (χ3n) is 2.24. The van der Waals surface area contributed by atoms with Crippen molar-refractivity contribution in [2.75, 3.05) is 11.1 Å². The van der Waals surface area contributed by atoms with Crippen LogP contribution >= 0.6 is 23.2 Å². The van der Waals surface area contributed by atoms with Crippen LogP contribution in [0.15, 0.2) is 30.5 Å². The molecule has 3 N–H and O–H groups in total. The number of nitrogen functional groups attached to an aromatic ring is 1. The van der Waals surface area contributed by atoms with Crippen molar-refractivity contribution in [2.45, 2.75) is 0 Å². The molecule has 0 unspecified atom stereocenters. The maximum atomic E-state index is 13.1. The summed E-state index contributed by atoms with van der Waals surface area (Å²) in [6.45, 7) is 0. The van der Waals surface area contributed by atoms with Gasteiger partial charge in [0.15, 0.2) is 0 Å². The van der Waals surface area contributed by atoms with Gasteiger partial charge in [0.25, 0.3) is 5.91 Å². The number of nitrogens with one attached hydrogen (secondary N) is 1. The lowest BCUT2D eigenvalue weighted by Gasteiger charge is -2.07. The van der Waals surface area contributed by atoms with Crippen LogP contribution in [-0.4, -0.2) is 10.9 Å². The average Bonchev–Trinajstić information content (AvgIpc) is 2.30. The van der Waals surface area contributed by atoms with Crippen molar-refractivity contribution in [3.63, 3.8) is 0 Å². The van der Waals surface area contributed by atoms with Crippen LogP contribution in [0.25, 0.3) is 0 Å². The molecule has 0 aliphatic heterocycles. The first-order valence-corrected chi connectivity index (χ1v) is 5.90. The molecule has 0 fully saturated rings. The van der Waals surface area contributed by atoms with E-state index in [4.69, 9.17) is 28.9 Å². The summed E-state index contributed by atoms with van der Waals surface area (Å²) in [5.41, 5.74) is 5.85. The largest absolute Gasteiger partial charge is 0.384 e. The number of carbonyl (C=O) groups excluding carboxylic acids is 1. The summed E-state index contributed by atoms with van der Waals surface area (Å²) in [6, 6.07) is 5.02. The number of nitrogens with zero attached hydrogens (tertiary/aromatic N) is 1. The highest BCUT2D eigenvalue weighted by Gasteiger charge is 2.12. The molecule has 1 aromatic heterocycles. The molecule has 2 rings (SSSR count). The smallest absolute Gasteiger partial charge is 0.257 e. The molecule has 0 saturated carbocycles. The first-order valence-electron chi connectivity index (χ1n) is 5.14. The highest BCUT2D eigenvalue weighted by molar-refractivity contribution is 6.34. The number of nitrogens with two attached hydrogens (primary N) is 1. The average molecular weight is 300 g/mol. The molecule has 0 radical (unpaired) electrons. The van der Waals surface area contributed by atoms with Crippen LogP contribution in [0.5, 0.6) is 0 Å². The van der Waals surface area contributed by atoms with Gasteiger partial charge < -0.3 is 11.1 Å². The molecular weight excluding hydrogens is 292 g/mol. The lowest BCUT2D eigenvalue weighted by Crippen LogP contribution is -2.13. The van der Waals surface area contributed by atoms with E-state index in [1.165, 1.54) is 18.3 Å². The summed E-state index contributed by atoms with van der Waals surface area (Å²) < 4.78 is 13.1. The van der Waals surface area contributed by atoms with Gasteiger partial charge in [-0.25, -0.2) is 9.37 Å². The Morgan fingerprint density at radius 1 is 1.26 bits per heavy atom. The van der Waals surface area contributed by atoms with Crippen LogP contribution in [0.4, 0.5) is 15.9 Å². The van der Waals surface area contributed by atoms with Gasteiger partial charge in [-0.05, 0) is 24.3 Å². The van der Waals surface area contributed by atoms with E-state index in [-0.39, 0.29) is 27.1 Å². The van der Waals surface area contributed by atoms with Gasteiger partial charge in [0.1, 0.15) is 11.6 Å². The Balaban J connectivity index is 2.28. The van der Waals surface area contributed by atoms with E-state index < -0.39 is 11.7 Å². The number of aromatic nitrogens is 1. The number of anilines is 2. The molecule has 98 valence electrons. The van der Waals surface area contributed by atoms with Crippen molar-refractivity contribution in [3.05, 3.63) is 51.9 Å². The van der Waals surface area contributed by atoms with Gasteiger partial charge in [-0.2, -0.15) is 0 Å². The van der Waals surface area contributed by atoms with Gasteiger partial charge >= 0.3 is 0 Å². The van der Waals surface area contributed by atoms with Gasteiger partial charge in [-0.15, -0.1) is 0 Å². The van der Waals surface area contributed by atoms with Gasteiger partial charge in [0.2, 0.25) is 0 Å². The third-order valence-corrected chi connectivity index (χ3v) is 2.76. The normalized spacial score (nSPS) is 10.3. The second kappa shape index (κ2) is 5.42. The van der Waals surface area contributed by atoms with E-state index in [0.717, 1.165) is 12.1 Å². The fourth-order valence-electron chi connectivity index (χ4n) is 1.45. The zero-order valence-electron chi connectivity index (χ0n) is 9.45. The minimum absolute atomic E-state index is 0.147. The summed E-state index contributed by atoms with van der Waals surface area (Å²) >= 11 is 11.5. The number of pyridine rings is 1. The molecular formula is C12H8Cl2FN3O. The fourth-order valence-corrected chi connectivity index (χ4v) is 1.86. The van der Waals surface area contributed by atoms with E-state index in [0.29, 0.717) is 0 Å². The Bertz CT molecular complexity index is 629. The summed E-state index contributed by atoms with van der Waals surface area (Å²) in [4.78, 5) is 15.7. The van der Waals surface area contributed by atoms with Crippen LogP contribution in [0.3, 0.4) is 0 Å². The molecule has 0 aliphatic rings. The molecule has 1 heterocycles. The number of carbonyl (C=O) groups is 1. The van der Waals surface area contributed by atoms with Crippen LogP contribution in [0, 0.1) is 5.82 Å². The first kappa shape index (κ1) is 13.6.